The number of aliphatic hydroxyl groups excluding tert-OH is 2. The molecule has 59 heavy (non-hydrogen) atoms. The summed E-state index contributed by atoms with van der Waals surface area (Å²) in [4.78, 5) is 26.1. The highest BCUT2D eigenvalue weighted by Crippen LogP contribution is 2.17. The number of nitrogens with one attached hydrogen (secondary N) is 1. The summed E-state index contributed by atoms with van der Waals surface area (Å²) < 4.78 is 5.89. The summed E-state index contributed by atoms with van der Waals surface area (Å²) in [5.41, 5.74) is 0. The highest BCUT2D eigenvalue weighted by Gasteiger charge is 2.24. The Morgan fingerprint density at radius 1 is 0.508 bits per heavy atom. The Morgan fingerprint density at radius 2 is 0.932 bits per heavy atom. The van der Waals surface area contributed by atoms with E-state index in [-0.39, 0.29) is 24.9 Å². The second-order valence-corrected chi connectivity index (χ2v) is 17.2. The summed E-state index contributed by atoms with van der Waals surface area (Å²) in [7, 11) is 0. The molecule has 0 aliphatic rings. The van der Waals surface area contributed by atoms with Crippen LogP contribution in [-0.4, -0.2) is 46.9 Å². The Hall–Kier alpha value is -2.18. The van der Waals surface area contributed by atoms with Gasteiger partial charge in [-0.1, -0.05) is 211 Å². The van der Waals surface area contributed by atoms with Crippen molar-refractivity contribution in [3.05, 3.63) is 48.6 Å². The van der Waals surface area contributed by atoms with Crippen LogP contribution in [0, 0.1) is 0 Å². The average Bonchev–Trinajstić information content (AvgIpc) is 3.23. The molecule has 0 saturated carbocycles. The zero-order chi connectivity index (χ0) is 43.1. The van der Waals surface area contributed by atoms with E-state index < -0.39 is 18.2 Å². The molecule has 344 valence electrons. The van der Waals surface area contributed by atoms with Gasteiger partial charge in [-0.2, -0.15) is 0 Å². The summed E-state index contributed by atoms with van der Waals surface area (Å²) in [6.07, 6.45) is 56.0. The van der Waals surface area contributed by atoms with Gasteiger partial charge in [0.2, 0.25) is 5.91 Å². The Morgan fingerprint density at radius 3 is 1.44 bits per heavy atom. The molecule has 0 aliphatic carbocycles. The fourth-order valence-corrected chi connectivity index (χ4v) is 7.56. The molecule has 0 spiro atoms. The molecule has 0 aliphatic heterocycles. The number of aliphatic hydroxyl groups is 2. The SMILES string of the molecule is CC/C=C/C/C=C/C/C=C/CCCCCCC(=O)OC(CCC/C=C\CCCCCCCC)CC(=O)NC(CO)C(O)CCCCCCCCCCCCCCCCC. The van der Waals surface area contributed by atoms with E-state index in [9.17, 15) is 19.8 Å². The molecule has 3 N–H and O–H groups in total. The average molecular weight is 828 g/mol. The lowest BCUT2D eigenvalue weighted by Gasteiger charge is -2.24. The zero-order valence-electron chi connectivity index (χ0n) is 39.1. The van der Waals surface area contributed by atoms with E-state index in [1.165, 1.54) is 116 Å². The Labute approximate surface area is 366 Å². The van der Waals surface area contributed by atoms with Crippen molar-refractivity contribution in [1.29, 1.82) is 0 Å². The third-order valence-corrected chi connectivity index (χ3v) is 11.4. The first kappa shape index (κ1) is 56.8. The van der Waals surface area contributed by atoms with Gasteiger partial charge in [0.1, 0.15) is 6.10 Å². The second-order valence-electron chi connectivity index (χ2n) is 17.2. The van der Waals surface area contributed by atoms with Gasteiger partial charge in [-0.3, -0.25) is 9.59 Å². The first-order valence-corrected chi connectivity index (χ1v) is 25.4. The largest absolute Gasteiger partial charge is 0.462 e. The third kappa shape index (κ3) is 42.3. The number of carbonyl (C=O) groups is 2. The van der Waals surface area contributed by atoms with Crippen molar-refractivity contribution in [2.24, 2.45) is 0 Å². The number of amides is 1. The summed E-state index contributed by atoms with van der Waals surface area (Å²) >= 11 is 0. The summed E-state index contributed by atoms with van der Waals surface area (Å²) in [5, 5.41) is 23.7. The molecule has 6 nitrogen and oxygen atoms in total. The Kier molecular flexibility index (Phi) is 45.1. The van der Waals surface area contributed by atoms with Crippen molar-refractivity contribution in [3.63, 3.8) is 0 Å². The van der Waals surface area contributed by atoms with Crippen LogP contribution in [-0.2, 0) is 14.3 Å². The van der Waals surface area contributed by atoms with E-state index in [4.69, 9.17) is 4.74 Å². The predicted molar refractivity (Wildman–Crippen MR) is 255 cm³/mol. The summed E-state index contributed by atoms with van der Waals surface area (Å²) in [6, 6.07) is -0.713. The fourth-order valence-electron chi connectivity index (χ4n) is 7.56. The van der Waals surface area contributed by atoms with E-state index >= 15 is 0 Å². The zero-order valence-corrected chi connectivity index (χ0v) is 39.1. The lowest BCUT2D eigenvalue weighted by atomic mass is 10.0. The van der Waals surface area contributed by atoms with Crippen molar-refractivity contribution in [3.8, 4) is 0 Å². The van der Waals surface area contributed by atoms with E-state index in [0.717, 1.165) is 89.9 Å². The van der Waals surface area contributed by atoms with E-state index in [1.54, 1.807) is 0 Å². The fraction of sp³-hybridized carbons (Fsp3) is 0.811. The number of carbonyl (C=O) groups excluding carboxylic acids is 2. The lowest BCUT2D eigenvalue weighted by molar-refractivity contribution is -0.151. The molecule has 1 amide bonds. The highest BCUT2D eigenvalue weighted by molar-refractivity contribution is 5.77. The van der Waals surface area contributed by atoms with Crippen LogP contribution in [0.2, 0.25) is 0 Å². The number of rotatable bonds is 45. The monoisotopic (exact) mass is 828 g/mol. The van der Waals surface area contributed by atoms with Crippen LogP contribution in [0.4, 0.5) is 0 Å². The Balaban J connectivity index is 4.57. The first-order chi connectivity index (χ1) is 29.0. The van der Waals surface area contributed by atoms with Crippen LogP contribution in [0.1, 0.15) is 252 Å². The summed E-state index contributed by atoms with van der Waals surface area (Å²) in [5.74, 6) is -0.526. The maximum absolute atomic E-state index is 13.2. The molecule has 0 saturated heterocycles. The van der Waals surface area contributed by atoms with Gasteiger partial charge in [-0.05, 0) is 77.0 Å². The van der Waals surface area contributed by atoms with E-state index in [1.807, 2.05) is 0 Å². The highest BCUT2D eigenvalue weighted by atomic mass is 16.5. The molecule has 3 atom stereocenters. The number of unbranched alkanes of at least 4 members (excludes halogenated alkanes) is 25. The van der Waals surface area contributed by atoms with Crippen LogP contribution in [0.15, 0.2) is 48.6 Å². The van der Waals surface area contributed by atoms with Crippen LogP contribution in [0.5, 0.6) is 0 Å². The van der Waals surface area contributed by atoms with E-state index in [0.29, 0.717) is 19.3 Å². The minimum Gasteiger partial charge on any atom is -0.462 e. The first-order valence-electron chi connectivity index (χ1n) is 25.4. The van der Waals surface area contributed by atoms with Crippen LogP contribution >= 0.6 is 0 Å². The van der Waals surface area contributed by atoms with Crippen molar-refractivity contribution < 1.29 is 24.5 Å². The maximum Gasteiger partial charge on any atom is 0.306 e. The molecular formula is C53H97NO5. The van der Waals surface area contributed by atoms with Gasteiger partial charge in [-0.15, -0.1) is 0 Å². The maximum atomic E-state index is 13.2. The number of allylic oxidation sites excluding steroid dienone is 8. The quantitative estimate of drug-likeness (QED) is 0.0323. The molecule has 0 aromatic heterocycles. The number of hydrogen-bond acceptors (Lipinski definition) is 5. The molecule has 0 rings (SSSR count). The molecule has 0 fully saturated rings. The normalized spacial score (nSPS) is 13.6. The second kappa shape index (κ2) is 46.9. The number of ether oxygens (including phenoxy) is 1. The number of hydrogen-bond donors (Lipinski definition) is 3. The van der Waals surface area contributed by atoms with E-state index in [2.05, 4.69) is 74.7 Å². The predicted octanol–water partition coefficient (Wildman–Crippen LogP) is 15.1. The standard InChI is InChI=1S/C53H97NO5/c1-4-7-10-13-16-19-22-24-26-27-30-33-36-39-42-45-51(56)50(48-55)54-52(57)47-49(44-41-38-35-32-29-21-18-15-12-9-6-3)59-53(58)46-43-40-37-34-31-28-25-23-20-17-14-11-8-5-2/h8,11,17,20,25,28,32,35,49-51,55-56H,4-7,9-10,12-16,18-19,21-24,26-27,29-31,33-34,36-48H2,1-3H3,(H,54,57)/b11-8+,20-17+,28-25+,35-32-. The lowest BCUT2D eigenvalue weighted by Crippen LogP contribution is -2.46. The van der Waals surface area contributed by atoms with Crippen molar-refractivity contribution in [2.75, 3.05) is 6.61 Å². The molecule has 3 unspecified atom stereocenters. The van der Waals surface area contributed by atoms with Gasteiger partial charge in [-0.25, -0.2) is 0 Å². The van der Waals surface area contributed by atoms with Gasteiger partial charge in [0.05, 0.1) is 25.2 Å². The molecular weight excluding hydrogens is 731 g/mol. The van der Waals surface area contributed by atoms with Gasteiger partial charge >= 0.3 is 5.97 Å². The van der Waals surface area contributed by atoms with Crippen LogP contribution in [0.3, 0.4) is 0 Å². The van der Waals surface area contributed by atoms with Gasteiger partial charge in [0.25, 0.3) is 0 Å². The van der Waals surface area contributed by atoms with Gasteiger partial charge < -0.3 is 20.3 Å². The molecule has 0 radical (unpaired) electrons. The molecule has 0 heterocycles. The third-order valence-electron chi connectivity index (χ3n) is 11.4. The van der Waals surface area contributed by atoms with Crippen LogP contribution < -0.4 is 5.32 Å². The van der Waals surface area contributed by atoms with Crippen molar-refractivity contribution >= 4 is 11.9 Å². The minimum absolute atomic E-state index is 0.0480. The van der Waals surface area contributed by atoms with Gasteiger partial charge in [0, 0.05) is 6.42 Å². The molecule has 0 aromatic carbocycles. The van der Waals surface area contributed by atoms with Crippen molar-refractivity contribution in [2.45, 2.75) is 270 Å². The summed E-state index contributed by atoms with van der Waals surface area (Å²) in [6.45, 7) is 6.35. The molecule has 0 aromatic rings. The topological polar surface area (TPSA) is 95.9 Å². The van der Waals surface area contributed by atoms with Crippen LogP contribution in [0.25, 0.3) is 0 Å². The smallest absolute Gasteiger partial charge is 0.306 e. The minimum atomic E-state index is -0.797. The molecule has 6 heteroatoms. The van der Waals surface area contributed by atoms with Gasteiger partial charge in [0.15, 0.2) is 0 Å². The number of esters is 1. The molecule has 0 bridgehead atoms. The Bertz CT molecular complexity index is 1020. The van der Waals surface area contributed by atoms with Crippen molar-refractivity contribution in [1.82, 2.24) is 5.32 Å².